The first-order valence-corrected chi connectivity index (χ1v) is 6.08. The third kappa shape index (κ3) is 2.92. The average Bonchev–Trinajstić information content (AvgIpc) is 2.83. The Labute approximate surface area is 113 Å². The lowest BCUT2D eigenvalue weighted by Gasteiger charge is -2.13. The number of hydrogen-bond donors (Lipinski definition) is 1. The highest BCUT2D eigenvalue weighted by atomic mass is 19.4. The molecule has 20 heavy (non-hydrogen) atoms. The van der Waals surface area contributed by atoms with E-state index in [1.807, 2.05) is 6.92 Å². The van der Waals surface area contributed by atoms with E-state index in [1.165, 1.54) is 17.0 Å². The minimum atomic E-state index is -4.51. The minimum absolute atomic E-state index is 0.184. The van der Waals surface area contributed by atoms with Gasteiger partial charge < -0.3 is 5.32 Å². The molecular formula is C13H13F4N3. The zero-order valence-electron chi connectivity index (χ0n) is 10.7. The molecule has 0 aliphatic rings. The topological polar surface area (TPSA) is 29.9 Å². The van der Waals surface area contributed by atoms with Gasteiger partial charge in [-0.1, -0.05) is 6.92 Å². The van der Waals surface area contributed by atoms with Gasteiger partial charge in [-0.25, -0.2) is 9.37 Å². The second kappa shape index (κ2) is 5.52. The molecule has 3 nitrogen and oxygen atoms in total. The summed E-state index contributed by atoms with van der Waals surface area (Å²) in [5, 5.41) is 2.93. The second-order valence-electron chi connectivity index (χ2n) is 4.21. The van der Waals surface area contributed by atoms with Gasteiger partial charge in [-0.05, 0) is 24.6 Å². The molecular weight excluding hydrogens is 274 g/mol. The Hall–Kier alpha value is -2.05. The third-order valence-corrected chi connectivity index (χ3v) is 2.71. The Morgan fingerprint density at radius 2 is 2.05 bits per heavy atom. The maximum atomic E-state index is 13.8. The predicted octanol–water partition coefficient (Wildman–Crippen LogP) is 3.85. The smallest absolute Gasteiger partial charge is 0.355 e. The lowest BCUT2D eigenvalue weighted by Crippen LogP contribution is -2.10. The fraction of sp³-hybridized carbons (Fsp3) is 0.308. The van der Waals surface area contributed by atoms with E-state index in [-0.39, 0.29) is 5.69 Å². The molecule has 1 aromatic heterocycles. The summed E-state index contributed by atoms with van der Waals surface area (Å²) in [6.45, 7) is 2.53. The Bertz CT molecular complexity index is 590. The van der Waals surface area contributed by atoms with Crippen LogP contribution in [-0.4, -0.2) is 16.1 Å². The van der Waals surface area contributed by atoms with Gasteiger partial charge in [-0.2, -0.15) is 13.2 Å². The van der Waals surface area contributed by atoms with Crippen LogP contribution in [0.1, 0.15) is 18.9 Å². The molecule has 0 amide bonds. The van der Waals surface area contributed by atoms with Crippen LogP contribution in [0.3, 0.4) is 0 Å². The van der Waals surface area contributed by atoms with Crippen molar-refractivity contribution in [2.75, 3.05) is 11.9 Å². The van der Waals surface area contributed by atoms with Crippen LogP contribution >= 0.6 is 0 Å². The van der Waals surface area contributed by atoms with Gasteiger partial charge in [-0.3, -0.25) is 4.57 Å². The van der Waals surface area contributed by atoms with E-state index in [1.54, 1.807) is 0 Å². The largest absolute Gasteiger partial charge is 0.416 e. The summed E-state index contributed by atoms with van der Waals surface area (Å²) < 4.78 is 53.1. The third-order valence-electron chi connectivity index (χ3n) is 2.71. The fourth-order valence-electron chi connectivity index (χ4n) is 1.74. The molecule has 1 aromatic carbocycles. The van der Waals surface area contributed by atoms with Crippen molar-refractivity contribution >= 4 is 5.95 Å². The summed E-state index contributed by atoms with van der Waals surface area (Å²) in [4.78, 5) is 3.97. The number of benzene rings is 1. The van der Waals surface area contributed by atoms with Crippen LogP contribution in [0.2, 0.25) is 0 Å². The summed E-state index contributed by atoms with van der Waals surface area (Å²) in [6, 6.07) is 2.30. The summed E-state index contributed by atoms with van der Waals surface area (Å²) in [6.07, 6.45) is -0.883. The monoisotopic (exact) mass is 287 g/mol. The Kier molecular flexibility index (Phi) is 3.96. The molecule has 0 radical (unpaired) electrons. The SMILES string of the molecule is CCCNc1nccn1-c1cc(C(F)(F)F)ccc1F. The van der Waals surface area contributed by atoms with Gasteiger partial charge in [0.1, 0.15) is 5.82 Å². The van der Waals surface area contributed by atoms with Crippen LogP contribution in [0.25, 0.3) is 5.69 Å². The van der Waals surface area contributed by atoms with Crippen molar-refractivity contribution in [1.29, 1.82) is 0 Å². The zero-order chi connectivity index (χ0) is 14.8. The van der Waals surface area contributed by atoms with Crippen LogP contribution in [-0.2, 0) is 6.18 Å². The molecule has 108 valence electrons. The van der Waals surface area contributed by atoms with Crippen molar-refractivity contribution in [3.05, 3.63) is 42.0 Å². The Morgan fingerprint density at radius 3 is 2.70 bits per heavy atom. The van der Waals surface area contributed by atoms with Crippen LogP contribution in [0.15, 0.2) is 30.6 Å². The number of imidazole rings is 1. The predicted molar refractivity (Wildman–Crippen MR) is 67.3 cm³/mol. The number of nitrogens with zero attached hydrogens (tertiary/aromatic N) is 2. The van der Waals surface area contributed by atoms with E-state index in [2.05, 4.69) is 10.3 Å². The van der Waals surface area contributed by atoms with Crippen molar-refractivity contribution < 1.29 is 17.6 Å². The molecule has 1 heterocycles. The van der Waals surface area contributed by atoms with Crippen molar-refractivity contribution in [3.63, 3.8) is 0 Å². The Balaban J connectivity index is 2.44. The number of anilines is 1. The number of halogens is 4. The number of aromatic nitrogens is 2. The molecule has 2 aromatic rings. The van der Waals surface area contributed by atoms with Gasteiger partial charge in [0.2, 0.25) is 5.95 Å². The molecule has 0 aliphatic carbocycles. The zero-order valence-corrected chi connectivity index (χ0v) is 10.7. The van der Waals surface area contributed by atoms with Crippen molar-refractivity contribution in [2.24, 2.45) is 0 Å². The van der Waals surface area contributed by atoms with E-state index >= 15 is 0 Å². The van der Waals surface area contributed by atoms with E-state index in [4.69, 9.17) is 0 Å². The lowest BCUT2D eigenvalue weighted by molar-refractivity contribution is -0.137. The van der Waals surface area contributed by atoms with E-state index in [9.17, 15) is 17.6 Å². The molecule has 2 rings (SSSR count). The van der Waals surface area contributed by atoms with E-state index in [0.29, 0.717) is 12.5 Å². The van der Waals surface area contributed by atoms with Gasteiger partial charge in [0.15, 0.2) is 0 Å². The maximum Gasteiger partial charge on any atom is 0.416 e. The highest BCUT2D eigenvalue weighted by molar-refractivity contribution is 5.45. The number of alkyl halides is 3. The molecule has 1 N–H and O–H groups in total. The molecule has 0 bridgehead atoms. The quantitative estimate of drug-likeness (QED) is 0.866. The summed E-state index contributed by atoms with van der Waals surface area (Å²) in [5.74, 6) is -0.430. The van der Waals surface area contributed by atoms with Crippen molar-refractivity contribution in [3.8, 4) is 5.69 Å². The molecule has 0 saturated heterocycles. The molecule has 0 unspecified atom stereocenters. The number of rotatable bonds is 4. The fourth-order valence-corrected chi connectivity index (χ4v) is 1.74. The molecule has 7 heteroatoms. The van der Waals surface area contributed by atoms with Gasteiger partial charge in [0.05, 0.1) is 11.3 Å². The molecule has 0 atom stereocenters. The average molecular weight is 287 g/mol. The first kappa shape index (κ1) is 14.4. The van der Waals surface area contributed by atoms with Crippen molar-refractivity contribution in [2.45, 2.75) is 19.5 Å². The summed E-state index contributed by atoms with van der Waals surface area (Å²) in [7, 11) is 0. The Morgan fingerprint density at radius 1 is 1.30 bits per heavy atom. The minimum Gasteiger partial charge on any atom is -0.355 e. The first-order chi connectivity index (χ1) is 9.43. The van der Waals surface area contributed by atoms with Gasteiger partial charge >= 0.3 is 6.18 Å². The number of hydrogen-bond acceptors (Lipinski definition) is 2. The molecule has 0 spiro atoms. The standard InChI is InChI=1S/C13H13F4N3/c1-2-5-18-12-19-6-7-20(12)11-8-9(13(15,16)17)3-4-10(11)14/h3-4,6-8H,2,5H2,1H3,(H,18,19). The van der Waals surface area contributed by atoms with Gasteiger partial charge in [0, 0.05) is 18.9 Å². The van der Waals surface area contributed by atoms with Crippen molar-refractivity contribution in [1.82, 2.24) is 9.55 Å². The van der Waals surface area contributed by atoms with Gasteiger partial charge in [-0.15, -0.1) is 0 Å². The lowest BCUT2D eigenvalue weighted by atomic mass is 10.2. The van der Waals surface area contributed by atoms with Gasteiger partial charge in [0.25, 0.3) is 0 Å². The number of nitrogens with one attached hydrogen (secondary N) is 1. The maximum absolute atomic E-state index is 13.8. The van der Waals surface area contributed by atoms with Crippen LogP contribution in [0, 0.1) is 5.82 Å². The molecule has 0 fully saturated rings. The first-order valence-electron chi connectivity index (χ1n) is 6.08. The molecule has 0 saturated carbocycles. The normalized spacial score (nSPS) is 11.7. The second-order valence-corrected chi connectivity index (χ2v) is 4.21. The van der Waals surface area contributed by atoms with E-state index in [0.717, 1.165) is 24.6 Å². The van der Waals surface area contributed by atoms with Crippen LogP contribution in [0.4, 0.5) is 23.5 Å². The highest BCUT2D eigenvalue weighted by Crippen LogP contribution is 2.31. The van der Waals surface area contributed by atoms with E-state index < -0.39 is 17.6 Å². The van der Waals surface area contributed by atoms with Crippen LogP contribution in [0.5, 0.6) is 0 Å². The molecule has 0 aliphatic heterocycles. The van der Waals surface area contributed by atoms with Crippen LogP contribution < -0.4 is 5.32 Å². The summed E-state index contributed by atoms with van der Waals surface area (Å²) in [5.41, 5.74) is -1.08. The summed E-state index contributed by atoms with van der Waals surface area (Å²) >= 11 is 0. The highest BCUT2D eigenvalue weighted by Gasteiger charge is 2.31.